The summed E-state index contributed by atoms with van der Waals surface area (Å²) in [5.41, 5.74) is 1.23. The Balaban J connectivity index is 2.53. The van der Waals surface area contributed by atoms with Crippen molar-refractivity contribution in [3.05, 3.63) is 57.9 Å². The minimum Gasteiger partial charge on any atom is -0.466 e. The van der Waals surface area contributed by atoms with E-state index in [1.807, 2.05) is 0 Å². The van der Waals surface area contributed by atoms with Crippen molar-refractivity contribution in [2.75, 3.05) is 6.61 Å². The highest BCUT2D eigenvalue weighted by Crippen LogP contribution is 2.41. The van der Waals surface area contributed by atoms with Gasteiger partial charge in [-0.15, -0.1) is 0 Å². The Kier molecular flexibility index (Phi) is 6.44. The van der Waals surface area contributed by atoms with Gasteiger partial charge in [0.15, 0.2) is 0 Å². The predicted molar refractivity (Wildman–Crippen MR) is 99.9 cm³/mol. The first kappa shape index (κ1) is 20.1. The third kappa shape index (κ3) is 4.50. The molecule has 0 unspecified atom stereocenters. The van der Waals surface area contributed by atoms with Crippen molar-refractivity contribution in [1.29, 1.82) is 0 Å². The molecule has 0 amide bonds. The predicted octanol–water partition coefficient (Wildman–Crippen LogP) is 4.84. The number of aromatic nitrogens is 1. The Labute approximate surface area is 165 Å². The minimum atomic E-state index is -1.81. The van der Waals surface area contributed by atoms with Crippen LogP contribution in [0.2, 0.25) is 5.02 Å². The van der Waals surface area contributed by atoms with Crippen molar-refractivity contribution >= 4 is 58.2 Å². The molecule has 0 aliphatic carbocycles. The zero-order chi connectivity index (χ0) is 18.8. The highest BCUT2D eigenvalue weighted by molar-refractivity contribution is 6.66. The van der Waals surface area contributed by atoms with Gasteiger partial charge in [-0.1, -0.05) is 58.5 Å². The number of benzene rings is 1. The van der Waals surface area contributed by atoms with E-state index < -0.39 is 9.76 Å². The number of halogens is 4. The smallest absolute Gasteiger partial charge is 0.310 e. The number of carbonyl (C=O) groups excluding carboxylic acids is 2. The average Bonchev–Trinajstić information content (AvgIpc) is 2.83. The summed E-state index contributed by atoms with van der Waals surface area (Å²) in [5.74, 6) is -0.806. The van der Waals surface area contributed by atoms with Crippen LogP contribution in [0.15, 0.2) is 30.3 Å². The first-order chi connectivity index (χ1) is 11.7. The summed E-state index contributed by atoms with van der Waals surface area (Å²) in [6, 6.07) is 8.19. The van der Waals surface area contributed by atoms with Crippen molar-refractivity contribution in [2.45, 2.75) is 17.1 Å². The first-order valence-electron chi connectivity index (χ1n) is 7.37. The lowest BCUT2D eigenvalue weighted by molar-refractivity contribution is -0.142. The Morgan fingerprint density at radius 2 is 1.84 bits per heavy atom. The maximum Gasteiger partial charge on any atom is 0.310 e. The fraction of sp³-hybridized carbons (Fsp3) is 0.294. The van der Waals surface area contributed by atoms with Gasteiger partial charge < -0.3 is 9.30 Å². The van der Waals surface area contributed by atoms with E-state index in [-0.39, 0.29) is 30.2 Å². The molecule has 134 valence electrons. The third-order valence-corrected chi connectivity index (χ3v) is 4.44. The molecular formula is C17H15Cl4NO3. The van der Waals surface area contributed by atoms with Crippen molar-refractivity contribution in [2.24, 2.45) is 7.05 Å². The van der Waals surface area contributed by atoms with Crippen LogP contribution in [0.4, 0.5) is 0 Å². The van der Waals surface area contributed by atoms with E-state index in [0.29, 0.717) is 16.1 Å². The van der Waals surface area contributed by atoms with E-state index in [4.69, 9.17) is 51.1 Å². The highest BCUT2D eigenvalue weighted by Gasteiger charge is 2.33. The molecule has 0 fully saturated rings. The maximum atomic E-state index is 12.8. The van der Waals surface area contributed by atoms with Crippen LogP contribution >= 0.6 is 46.4 Å². The van der Waals surface area contributed by atoms with E-state index in [0.717, 1.165) is 0 Å². The Morgan fingerprint density at radius 1 is 1.20 bits per heavy atom. The summed E-state index contributed by atoms with van der Waals surface area (Å²) >= 11 is 24.2. The topological polar surface area (TPSA) is 48.3 Å². The normalized spacial score (nSPS) is 11.4. The van der Waals surface area contributed by atoms with Gasteiger partial charge in [0.2, 0.25) is 9.58 Å². The molecule has 1 heterocycles. The summed E-state index contributed by atoms with van der Waals surface area (Å²) in [6.45, 7) is 1.94. The van der Waals surface area contributed by atoms with Crippen molar-refractivity contribution in [3.63, 3.8) is 0 Å². The SMILES string of the molecule is CCOC(=O)Cc1cc(C(=O)c2ccccc2Cl)n(C)c1C(Cl)(Cl)Cl. The summed E-state index contributed by atoms with van der Waals surface area (Å²) in [5, 5.41) is 0.316. The lowest BCUT2D eigenvalue weighted by Gasteiger charge is -2.16. The monoisotopic (exact) mass is 421 g/mol. The number of hydrogen-bond donors (Lipinski definition) is 0. The third-order valence-electron chi connectivity index (χ3n) is 3.57. The van der Waals surface area contributed by atoms with Crippen LogP contribution < -0.4 is 0 Å². The molecular weight excluding hydrogens is 408 g/mol. The average molecular weight is 423 g/mol. The second-order valence-electron chi connectivity index (χ2n) is 5.25. The summed E-state index contributed by atoms with van der Waals surface area (Å²) in [7, 11) is 1.59. The van der Waals surface area contributed by atoms with Gasteiger partial charge in [-0.2, -0.15) is 0 Å². The van der Waals surface area contributed by atoms with Crippen LogP contribution in [0.5, 0.6) is 0 Å². The summed E-state index contributed by atoms with van der Waals surface area (Å²) in [6.07, 6.45) is -0.110. The molecule has 0 radical (unpaired) electrons. The molecule has 25 heavy (non-hydrogen) atoms. The Hall–Kier alpha value is -1.20. The molecule has 1 aromatic heterocycles. The van der Waals surface area contributed by atoms with Crippen LogP contribution in [0.3, 0.4) is 0 Å². The quantitative estimate of drug-likeness (QED) is 0.393. The van der Waals surface area contributed by atoms with E-state index in [2.05, 4.69) is 0 Å². The molecule has 0 aliphatic heterocycles. The van der Waals surface area contributed by atoms with E-state index >= 15 is 0 Å². The number of nitrogens with zero attached hydrogens (tertiary/aromatic N) is 1. The number of esters is 1. The summed E-state index contributed by atoms with van der Waals surface area (Å²) < 4.78 is 4.60. The van der Waals surface area contributed by atoms with Gasteiger partial charge in [0.25, 0.3) is 0 Å². The first-order valence-corrected chi connectivity index (χ1v) is 8.88. The zero-order valence-electron chi connectivity index (χ0n) is 13.5. The fourth-order valence-corrected chi connectivity index (χ4v) is 3.51. The van der Waals surface area contributed by atoms with Crippen LogP contribution in [-0.4, -0.2) is 22.9 Å². The van der Waals surface area contributed by atoms with Crippen LogP contribution in [0.1, 0.15) is 34.2 Å². The van der Waals surface area contributed by atoms with E-state index in [9.17, 15) is 9.59 Å². The van der Waals surface area contributed by atoms with Gasteiger partial charge in [0, 0.05) is 12.6 Å². The van der Waals surface area contributed by atoms with Crippen molar-refractivity contribution in [3.8, 4) is 0 Å². The molecule has 1 aromatic carbocycles. The van der Waals surface area contributed by atoms with Crippen LogP contribution in [-0.2, 0) is 26.8 Å². The zero-order valence-corrected chi connectivity index (χ0v) is 16.5. The molecule has 0 saturated carbocycles. The standard InChI is InChI=1S/C17H15Cl4NO3/c1-3-25-14(23)9-10-8-13(22(2)16(10)17(19,20)21)15(24)11-6-4-5-7-12(11)18/h4-8H,3,9H2,1-2H3. The van der Waals surface area contributed by atoms with Gasteiger partial charge in [0.05, 0.1) is 29.4 Å². The maximum absolute atomic E-state index is 12.8. The Morgan fingerprint density at radius 3 is 2.40 bits per heavy atom. The minimum absolute atomic E-state index is 0.110. The number of hydrogen-bond acceptors (Lipinski definition) is 3. The molecule has 8 heteroatoms. The van der Waals surface area contributed by atoms with E-state index in [1.54, 1.807) is 38.2 Å². The number of rotatable bonds is 5. The van der Waals surface area contributed by atoms with Crippen LogP contribution in [0, 0.1) is 0 Å². The molecule has 0 aliphatic rings. The lowest BCUT2D eigenvalue weighted by Crippen LogP contribution is -2.16. The largest absolute Gasteiger partial charge is 0.466 e. The van der Waals surface area contributed by atoms with Crippen molar-refractivity contribution in [1.82, 2.24) is 4.57 Å². The fourth-order valence-electron chi connectivity index (χ4n) is 2.54. The van der Waals surface area contributed by atoms with Gasteiger partial charge in [-0.05, 0) is 30.7 Å². The van der Waals surface area contributed by atoms with Gasteiger partial charge in [-0.3, -0.25) is 9.59 Å². The van der Waals surface area contributed by atoms with Gasteiger partial charge in [0.1, 0.15) is 0 Å². The number of carbonyl (C=O) groups is 2. The molecule has 0 spiro atoms. The molecule has 0 bridgehead atoms. The second-order valence-corrected chi connectivity index (χ2v) is 7.94. The molecule has 4 nitrogen and oxygen atoms in total. The Bertz CT molecular complexity index is 809. The van der Waals surface area contributed by atoms with Gasteiger partial charge in [-0.25, -0.2) is 0 Å². The summed E-state index contributed by atoms with van der Waals surface area (Å²) in [4.78, 5) is 24.7. The molecule has 2 aromatic rings. The molecule has 0 N–H and O–H groups in total. The molecule has 0 atom stereocenters. The highest BCUT2D eigenvalue weighted by atomic mass is 35.6. The van der Waals surface area contributed by atoms with Gasteiger partial charge >= 0.3 is 5.97 Å². The lowest BCUT2D eigenvalue weighted by atomic mass is 10.1. The number of ether oxygens (including phenoxy) is 1. The van der Waals surface area contributed by atoms with E-state index in [1.165, 1.54) is 10.6 Å². The second kappa shape index (κ2) is 8.00. The number of alkyl halides is 3. The number of ketones is 1. The molecule has 0 saturated heterocycles. The van der Waals surface area contributed by atoms with Crippen molar-refractivity contribution < 1.29 is 14.3 Å². The molecule has 2 rings (SSSR count). The van der Waals surface area contributed by atoms with Crippen LogP contribution in [0.25, 0.3) is 0 Å².